The first-order chi connectivity index (χ1) is 5.61. The summed E-state index contributed by atoms with van der Waals surface area (Å²) in [6.45, 7) is 3.73. The summed E-state index contributed by atoms with van der Waals surface area (Å²) in [6.07, 6.45) is 1.52. The smallest absolute Gasteiger partial charge is 0.256 e. The number of aromatic hydroxyl groups is 1. The Bertz CT molecular complexity index is 278. The molecule has 0 saturated heterocycles. The predicted molar refractivity (Wildman–Crippen MR) is 45.1 cm³/mol. The van der Waals surface area contributed by atoms with Gasteiger partial charge in [0.05, 0.1) is 0 Å². The fourth-order valence-corrected chi connectivity index (χ4v) is 0.884. The summed E-state index contributed by atoms with van der Waals surface area (Å²) in [7, 11) is 0. The highest BCUT2D eigenvalue weighted by molar-refractivity contribution is 5.96. The third-order valence-corrected chi connectivity index (χ3v) is 1.39. The van der Waals surface area contributed by atoms with Crippen LogP contribution in [0.3, 0.4) is 0 Å². The molecule has 66 valence electrons. The van der Waals surface area contributed by atoms with Crippen molar-refractivity contribution in [3.63, 3.8) is 0 Å². The summed E-state index contributed by atoms with van der Waals surface area (Å²) in [4.78, 5) is 13.8. The molecular formula is C8H12N2O2. The van der Waals surface area contributed by atoms with Gasteiger partial charge in [-0.25, -0.2) is 0 Å². The fraction of sp³-hybridized carbons (Fsp3) is 0.375. The fourth-order valence-electron chi connectivity index (χ4n) is 0.884. The molecule has 1 aromatic rings. The highest BCUT2D eigenvalue weighted by Gasteiger charge is 2.11. The maximum atomic E-state index is 11.2. The van der Waals surface area contributed by atoms with Crippen LogP contribution in [0.1, 0.15) is 24.2 Å². The molecule has 4 nitrogen and oxygen atoms in total. The van der Waals surface area contributed by atoms with E-state index in [1.807, 2.05) is 13.8 Å². The van der Waals surface area contributed by atoms with Gasteiger partial charge in [0, 0.05) is 12.2 Å². The molecule has 0 radical (unpaired) electrons. The summed E-state index contributed by atoms with van der Waals surface area (Å²) in [5.41, 5.74) is 0.281. The first-order valence-corrected chi connectivity index (χ1v) is 3.78. The Balaban J connectivity index is 2.72. The average molecular weight is 168 g/mol. The van der Waals surface area contributed by atoms with Crippen LogP contribution in [-0.2, 0) is 0 Å². The molecule has 1 rings (SSSR count). The van der Waals surface area contributed by atoms with Crippen LogP contribution in [0, 0.1) is 0 Å². The second kappa shape index (κ2) is 3.30. The minimum absolute atomic E-state index is 0.0757. The maximum absolute atomic E-state index is 11.2. The molecule has 0 aliphatic heterocycles. The van der Waals surface area contributed by atoms with Crippen LogP contribution in [0.4, 0.5) is 0 Å². The Morgan fingerprint density at radius 1 is 1.67 bits per heavy atom. The van der Waals surface area contributed by atoms with Crippen molar-refractivity contribution < 1.29 is 9.90 Å². The topological polar surface area (TPSA) is 65.1 Å². The van der Waals surface area contributed by atoms with Gasteiger partial charge in [0.15, 0.2) is 0 Å². The number of H-pyrrole nitrogens is 1. The van der Waals surface area contributed by atoms with Crippen LogP contribution in [0.15, 0.2) is 12.3 Å². The number of carbonyl (C=O) groups is 1. The van der Waals surface area contributed by atoms with Gasteiger partial charge in [0.2, 0.25) is 5.88 Å². The minimum Gasteiger partial charge on any atom is -0.494 e. The summed E-state index contributed by atoms with van der Waals surface area (Å²) >= 11 is 0. The molecule has 0 aromatic carbocycles. The van der Waals surface area contributed by atoms with E-state index < -0.39 is 0 Å². The number of hydrogen-bond acceptors (Lipinski definition) is 2. The molecule has 3 N–H and O–H groups in total. The molecule has 0 atom stereocenters. The van der Waals surface area contributed by atoms with Crippen molar-refractivity contribution in [2.45, 2.75) is 19.9 Å². The highest BCUT2D eigenvalue weighted by atomic mass is 16.3. The van der Waals surface area contributed by atoms with Gasteiger partial charge >= 0.3 is 0 Å². The van der Waals surface area contributed by atoms with Gasteiger partial charge in [-0.2, -0.15) is 0 Å². The molecular weight excluding hydrogens is 156 g/mol. The monoisotopic (exact) mass is 168 g/mol. The van der Waals surface area contributed by atoms with Crippen LogP contribution >= 0.6 is 0 Å². The van der Waals surface area contributed by atoms with Crippen molar-refractivity contribution in [3.8, 4) is 5.88 Å². The van der Waals surface area contributed by atoms with Gasteiger partial charge in [0.1, 0.15) is 5.56 Å². The molecule has 0 aliphatic rings. The number of nitrogens with one attached hydrogen (secondary N) is 2. The van der Waals surface area contributed by atoms with Crippen molar-refractivity contribution in [1.82, 2.24) is 10.3 Å². The summed E-state index contributed by atoms with van der Waals surface area (Å²) in [5, 5.41) is 11.8. The summed E-state index contributed by atoms with van der Waals surface area (Å²) in [5.74, 6) is -0.350. The zero-order chi connectivity index (χ0) is 9.14. The zero-order valence-corrected chi connectivity index (χ0v) is 7.09. The second-order valence-electron chi connectivity index (χ2n) is 2.87. The Morgan fingerprint density at radius 3 is 2.75 bits per heavy atom. The lowest BCUT2D eigenvalue weighted by Crippen LogP contribution is -2.29. The third-order valence-electron chi connectivity index (χ3n) is 1.39. The molecule has 1 heterocycles. The molecule has 0 spiro atoms. The van der Waals surface area contributed by atoms with Crippen molar-refractivity contribution in [3.05, 3.63) is 17.8 Å². The van der Waals surface area contributed by atoms with E-state index in [9.17, 15) is 4.79 Å². The molecule has 0 aliphatic carbocycles. The van der Waals surface area contributed by atoms with E-state index in [4.69, 9.17) is 5.11 Å². The normalized spacial score (nSPS) is 10.2. The standard InChI is InChI=1S/C8H12N2O2/c1-5(2)10-8(12)6-3-4-9-7(6)11/h3-5,9,11H,1-2H3,(H,10,12). The predicted octanol–water partition coefficient (Wildman–Crippen LogP) is 0.858. The van der Waals surface area contributed by atoms with Gasteiger partial charge in [-0.1, -0.05) is 0 Å². The van der Waals surface area contributed by atoms with Gasteiger partial charge in [-0.3, -0.25) is 4.79 Å². The SMILES string of the molecule is CC(C)NC(=O)c1cc[nH]c1O. The largest absolute Gasteiger partial charge is 0.494 e. The summed E-state index contributed by atoms with van der Waals surface area (Å²) < 4.78 is 0. The van der Waals surface area contributed by atoms with Gasteiger partial charge in [-0.05, 0) is 19.9 Å². The van der Waals surface area contributed by atoms with E-state index in [1.165, 1.54) is 12.3 Å². The first kappa shape index (κ1) is 8.64. The van der Waals surface area contributed by atoms with Gasteiger partial charge in [0.25, 0.3) is 5.91 Å². The second-order valence-corrected chi connectivity index (χ2v) is 2.87. The molecule has 4 heteroatoms. The quantitative estimate of drug-likeness (QED) is 0.613. The van der Waals surface area contributed by atoms with E-state index in [1.54, 1.807) is 0 Å². The van der Waals surface area contributed by atoms with Gasteiger partial charge < -0.3 is 15.4 Å². The minimum atomic E-state index is -0.260. The van der Waals surface area contributed by atoms with Crippen molar-refractivity contribution in [1.29, 1.82) is 0 Å². The lowest BCUT2D eigenvalue weighted by Gasteiger charge is -2.06. The molecule has 0 bridgehead atoms. The number of amides is 1. The van der Waals surface area contributed by atoms with Crippen molar-refractivity contribution >= 4 is 5.91 Å². The van der Waals surface area contributed by atoms with E-state index in [-0.39, 0.29) is 23.4 Å². The van der Waals surface area contributed by atoms with Crippen molar-refractivity contribution in [2.24, 2.45) is 0 Å². The Hall–Kier alpha value is -1.45. The molecule has 0 unspecified atom stereocenters. The van der Waals surface area contributed by atoms with E-state index in [2.05, 4.69) is 10.3 Å². The van der Waals surface area contributed by atoms with Crippen LogP contribution < -0.4 is 5.32 Å². The molecule has 1 amide bonds. The Morgan fingerprint density at radius 2 is 2.33 bits per heavy atom. The van der Waals surface area contributed by atoms with E-state index in [0.29, 0.717) is 0 Å². The van der Waals surface area contributed by atoms with Crippen LogP contribution in [-0.4, -0.2) is 22.0 Å². The zero-order valence-electron chi connectivity index (χ0n) is 7.09. The van der Waals surface area contributed by atoms with Crippen molar-refractivity contribution in [2.75, 3.05) is 0 Å². The Kier molecular flexibility index (Phi) is 2.38. The molecule has 1 aromatic heterocycles. The van der Waals surface area contributed by atoms with Crippen LogP contribution in [0.5, 0.6) is 5.88 Å². The summed E-state index contributed by atoms with van der Waals surface area (Å²) in [6, 6.07) is 1.61. The average Bonchev–Trinajstić information content (AvgIpc) is 2.33. The number of hydrogen-bond donors (Lipinski definition) is 3. The lowest BCUT2D eigenvalue weighted by atomic mass is 10.3. The number of aromatic nitrogens is 1. The Labute approximate surface area is 70.6 Å². The number of carbonyl (C=O) groups excluding carboxylic acids is 1. The maximum Gasteiger partial charge on any atom is 0.256 e. The van der Waals surface area contributed by atoms with Crippen LogP contribution in [0.25, 0.3) is 0 Å². The van der Waals surface area contributed by atoms with E-state index in [0.717, 1.165) is 0 Å². The highest BCUT2D eigenvalue weighted by Crippen LogP contribution is 2.12. The first-order valence-electron chi connectivity index (χ1n) is 3.78. The van der Waals surface area contributed by atoms with E-state index >= 15 is 0 Å². The van der Waals surface area contributed by atoms with Gasteiger partial charge in [-0.15, -0.1) is 0 Å². The third kappa shape index (κ3) is 1.78. The number of rotatable bonds is 2. The molecule has 0 saturated carbocycles. The lowest BCUT2D eigenvalue weighted by molar-refractivity contribution is 0.0940. The van der Waals surface area contributed by atoms with Crippen LogP contribution in [0.2, 0.25) is 0 Å². The molecule has 12 heavy (non-hydrogen) atoms. The number of aromatic amines is 1. The molecule has 0 fully saturated rings.